The molecule has 2 unspecified atom stereocenters. The highest BCUT2D eigenvalue weighted by atomic mass is 16.5. The summed E-state index contributed by atoms with van der Waals surface area (Å²) in [6, 6.07) is 7.28. The number of esters is 1. The summed E-state index contributed by atoms with van der Waals surface area (Å²) in [6.45, 7) is 4.14. The summed E-state index contributed by atoms with van der Waals surface area (Å²) in [5, 5.41) is 0. The second-order valence-electron chi connectivity index (χ2n) is 3.92. The Morgan fingerprint density at radius 2 is 2.12 bits per heavy atom. The topological polar surface area (TPSA) is 47.9 Å². The van der Waals surface area contributed by atoms with Gasteiger partial charge in [0.2, 0.25) is 0 Å². The van der Waals surface area contributed by atoms with Crippen LogP contribution in [0.3, 0.4) is 0 Å². The molecule has 1 aromatic rings. The minimum Gasteiger partial charge on any atom is -0.473 e. The molecule has 1 heterocycles. The Balaban J connectivity index is 2.15. The third-order valence-electron chi connectivity index (χ3n) is 2.65. The number of rotatable bonds is 3. The molecular formula is C13H15NO3. The van der Waals surface area contributed by atoms with Gasteiger partial charge in [-0.1, -0.05) is 29.8 Å². The fraction of sp³-hybridized carbons (Fsp3) is 0.385. The van der Waals surface area contributed by atoms with Gasteiger partial charge in [-0.25, -0.2) is 9.79 Å². The monoisotopic (exact) mass is 233 g/mol. The molecule has 0 saturated heterocycles. The maximum Gasteiger partial charge on any atom is 0.335 e. The Morgan fingerprint density at radius 3 is 2.76 bits per heavy atom. The zero-order chi connectivity index (χ0) is 12.3. The average Bonchev–Trinajstić information content (AvgIpc) is 2.79. The molecule has 4 heteroatoms. The fourth-order valence-electron chi connectivity index (χ4n) is 1.75. The second-order valence-corrected chi connectivity index (χ2v) is 3.92. The minimum absolute atomic E-state index is 0.341. The van der Waals surface area contributed by atoms with E-state index in [0.717, 1.165) is 5.56 Å². The van der Waals surface area contributed by atoms with Crippen LogP contribution < -0.4 is 0 Å². The van der Waals surface area contributed by atoms with Crippen molar-refractivity contribution < 1.29 is 14.3 Å². The van der Waals surface area contributed by atoms with Crippen molar-refractivity contribution in [2.75, 3.05) is 6.61 Å². The standard InChI is InChI=1S/C13H15NO3/c1-3-16-13(15)11-12(17-8-14-11)10-6-4-9(2)5-7-10/h4-8,11-12H,3H2,1-2H3. The molecule has 1 aliphatic heterocycles. The summed E-state index contributed by atoms with van der Waals surface area (Å²) in [7, 11) is 0. The zero-order valence-electron chi connectivity index (χ0n) is 9.92. The van der Waals surface area contributed by atoms with Gasteiger partial charge in [-0.3, -0.25) is 0 Å². The molecule has 17 heavy (non-hydrogen) atoms. The zero-order valence-corrected chi connectivity index (χ0v) is 9.92. The van der Waals surface area contributed by atoms with Crippen LogP contribution in [0.15, 0.2) is 29.3 Å². The molecule has 0 bridgehead atoms. The SMILES string of the molecule is CCOC(=O)C1N=COC1c1ccc(C)cc1. The van der Waals surface area contributed by atoms with Gasteiger partial charge in [-0.05, 0) is 19.4 Å². The third-order valence-corrected chi connectivity index (χ3v) is 2.65. The van der Waals surface area contributed by atoms with Crippen molar-refractivity contribution in [2.24, 2.45) is 4.99 Å². The van der Waals surface area contributed by atoms with Crippen molar-refractivity contribution in [3.8, 4) is 0 Å². The first kappa shape index (κ1) is 11.6. The number of benzene rings is 1. The van der Waals surface area contributed by atoms with Gasteiger partial charge < -0.3 is 9.47 Å². The number of hydrogen-bond donors (Lipinski definition) is 0. The number of aliphatic imine (C=N–C) groups is 1. The van der Waals surface area contributed by atoms with Gasteiger partial charge in [0.25, 0.3) is 0 Å². The Labute approximate surface area is 100 Å². The largest absolute Gasteiger partial charge is 0.473 e. The summed E-state index contributed by atoms with van der Waals surface area (Å²) >= 11 is 0. The maximum atomic E-state index is 11.7. The van der Waals surface area contributed by atoms with Crippen LogP contribution in [0.25, 0.3) is 0 Å². The van der Waals surface area contributed by atoms with E-state index in [-0.39, 0.29) is 12.1 Å². The number of carbonyl (C=O) groups excluding carboxylic acids is 1. The van der Waals surface area contributed by atoms with Crippen molar-refractivity contribution >= 4 is 12.4 Å². The van der Waals surface area contributed by atoms with Gasteiger partial charge in [0.05, 0.1) is 6.61 Å². The molecule has 0 amide bonds. The molecule has 2 atom stereocenters. The number of carbonyl (C=O) groups is 1. The van der Waals surface area contributed by atoms with Crippen LogP contribution >= 0.6 is 0 Å². The van der Waals surface area contributed by atoms with Crippen LogP contribution in [0.4, 0.5) is 0 Å². The highest BCUT2D eigenvalue weighted by Crippen LogP contribution is 2.27. The molecule has 0 aliphatic carbocycles. The Morgan fingerprint density at radius 1 is 1.41 bits per heavy atom. The Bertz CT molecular complexity index is 425. The van der Waals surface area contributed by atoms with Crippen molar-refractivity contribution in [2.45, 2.75) is 26.0 Å². The third kappa shape index (κ3) is 2.46. The lowest BCUT2D eigenvalue weighted by Gasteiger charge is -2.16. The van der Waals surface area contributed by atoms with Crippen LogP contribution in [0, 0.1) is 6.92 Å². The average molecular weight is 233 g/mol. The number of nitrogens with zero attached hydrogens (tertiary/aromatic N) is 1. The highest BCUT2D eigenvalue weighted by molar-refractivity contribution is 5.80. The normalized spacial score (nSPS) is 22.2. The van der Waals surface area contributed by atoms with E-state index in [9.17, 15) is 4.79 Å². The summed E-state index contributed by atoms with van der Waals surface area (Å²) < 4.78 is 10.3. The van der Waals surface area contributed by atoms with Crippen molar-refractivity contribution in [3.05, 3.63) is 35.4 Å². The first-order chi connectivity index (χ1) is 8.22. The molecule has 0 spiro atoms. The van der Waals surface area contributed by atoms with Gasteiger partial charge in [-0.2, -0.15) is 0 Å². The molecule has 0 N–H and O–H groups in total. The lowest BCUT2D eigenvalue weighted by atomic mass is 10.0. The van der Waals surface area contributed by atoms with Gasteiger partial charge in [0.1, 0.15) is 0 Å². The summed E-state index contributed by atoms with van der Waals surface area (Å²) in [4.78, 5) is 15.7. The quantitative estimate of drug-likeness (QED) is 0.750. The van der Waals surface area contributed by atoms with Crippen molar-refractivity contribution in [1.29, 1.82) is 0 Å². The Hall–Kier alpha value is -1.84. The van der Waals surface area contributed by atoms with Gasteiger partial charge in [0, 0.05) is 0 Å². The smallest absolute Gasteiger partial charge is 0.335 e. The molecule has 1 aromatic carbocycles. The van der Waals surface area contributed by atoms with E-state index in [4.69, 9.17) is 9.47 Å². The predicted molar refractivity (Wildman–Crippen MR) is 63.9 cm³/mol. The number of aryl methyl sites for hydroxylation is 1. The Kier molecular flexibility index (Phi) is 3.42. The van der Waals surface area contributed by atoms with E-state index >= 15 is 0 Å². The molecule has 90 valence electrons. The molecule has 2 rings (SSSR count). The van der Waals surface area contributed by atoms with Gasteiger partial charge >= 0.3 is 5.97 Å². The fourth-order valence-corrected chi connectivity index (χ4v) is 1.75. The van der Waals surface area contributed by atoms with Crippen molar-refractivity contribution in [1.82, 2.24) is 0 Å². The number of hydrogen-bond acceptors (Lipinski definition) is 4. The van der Waals surface area contributed by atoms with Crippen LogP contribution in [0.2, 0.25) is 0 Å². The summed E-state index contributed by atoms with van der Waals surface area (Å²) in [5.41, 5.74) is 2.10. The lowest BCUT2D eigenvalue weighted by molar-refractivity contribution is -0.146. The summed E-state index contributed by atoms with van der Waals surface area (Å²) in [5.74, 6) is -0.341. The van der Waals surface area contributed by atoms with E-state index < -0.39 is 6.04 Å². The molecule has 0 saturated carbocycles. The van der Waals surface area contributed by atoms with E-state index in [2.05, 4.69) is 4.99 Å². The first-order valence-corrected chi connectivity index (χ1v) is 5.62. The molecule has 0 radical (unpaired) electrons. The minimum atomic E-state index is -0.586. The van der Waals surface area contributed by atoms with Gasteiger partial charge in [0.15, 0.2) is 18.5 Å². The molecule has 0 aromatic heterocycles. The highest BCUT2D eigenvalue weighted by Gasteiger charge is 2.34. The summed E-state index contributed by atoms with van der Waals surface area (Å²) in [6.07, 6.45) is 0.959. The van der Waals surface area contributed by atoms with Crippen LogP contribution in [0.1, 0.15) is 24.2 Å². The van der Waals surface area contributed by atoms with E-state index in [0.29, 0.717) is 6.61 Å². The lowest BCUT2D eigenvalue weighted by Crippen LogP contribution is -2.26. The number of ether oxygens (including phenoxy) is 2. The van der Waals surface area contributed by atoms with E-state index in [1.807, 2.05) is 31.2 Å². The van der Waals surface area contributed by atoms with Gasteiger partial charge in [-0.15, -0.1) is 0 Å². The molecule has 4 nitrogen and oxygen atoms in total. The first-order valence-electron chi connectivity index (χ1n) is 5.62. The molecule has 1 aliphatic rings. The van der Waals surface area contributed by atoms with Crippen LogP contribution in [0.5, 0.6) is 0 Å². The second kappa shape index (κ2) is 4.99. The predicted octanol–water partition coefficient (Wildman–Crippen LogP) is 2.03. The van der Waals surface area contributed by atoms with E-state index in [1.165, 1.54) is 12.0 Å². The molecule has 0 fully saturated rings. The maximum absolute atomic E-state index is 11.7. The van der Waals surface area contributed by atoms with Crippen LogP contribution in [-0.2, 0) is 14.3 Å². The van der Waals surface area contributed by atoms with Crippen LogP contribution in [-0.4, -0.2) is 25.0 Å². The van der Waals surface area contributed by atoms with E-state index in [1.54, 1.807) is 6.92 Å². The van der Waals surface area contributed by atoms with Crippen molar-refractivity contribution in [3.63, 3.8) is 0 Å². The molecular weight excluding hydrogens is 218 g/mol.